The Morgan fingerprint density at radius 3 is 2.62 bits per heavy atom. The molecule has 7 nitrogen and oxygen atoms in total. The van der Waals surface area contributed by atoms with Gasteiger partial charge >= 0.3 is 0 Å². The number of hydrogen-bond donors (Lipinski definition) is 1. The molecule has 0 saturated carbocycles. The van der Waals surface area contributed by atoms with E-state index in [0.717, 1.165) is 47.7 Å². The zero-order valence-corrected chi connectivity index (χ0v) is 15.4. The molecule has 1 saturated heterocycles. The number of aromatic nitrogens is 3. The molecule has 0 aliphatic carbocycles. The first kappa shape index (κ1) is 17.2. The van der Waals surface area contributed by atoms with E-state index >= 15 is 0 Å². The smallest absolute Gasteiger partial charge is 0.215 e. The number of nitrogens with zero attached hydrogens (tertiary/aromatic N) is 4. The maximum Gasteiger partial charge on any atom is 0.215 e. The van der Waals surface area contributed by atoms with Crippen LogP contribution in [0.1, 0.15) is 36.7 Å². The van der Waals surface area contributed by atoms with Crippen molar-refractivity contribution in [2.45, 2.75) is 40.0 Å². The van der Waals surface area contributed by atoms with Crippen LogP contribution in [0.3, 0.4) is 0 Å². The maximum atomic E-state index is 12.3. The van der Waals surface area contributed by atoms with E-state index in [-0.39, 0.29) is 5.75 Å². The van der Waals surface area contributed by atoms with Crippen molar-refractivity contribution in [1.29, 1.82) is 0 Å². The van der Waals surface area contributed by atoms with Gasteiger partial charge in [-0.1, -0.05) is 6.92 Å². The Kier molecular flexibility index (Phi) is 4.78. The van der Waals surface area contributed by atoms with Crippen LogP contribution in [-0.2, 0) is 16.4 Å². The van der Waals surface area contributed by atoms with Gasteiger partial charge in [-0.05, 0) is 33.1 Å². The van der Waals surface area contributed by atoms with E-state index in [1.807, 2.05) is 19.9 Å². The van der Waals surface area contributed by atoms with Crippen LogP contribution in [0.25, 0.3) is 5.65 Å². The highest BCUT2D eigenvalue weighted by atomic mass is 32.2. The van der Waals surface area contributed by atoms with Gasteiger partial charge in [-0.2, -0.15) is 9.61 Å². The molecular formula is C16H25N5O2S. The van der Waals surface area contributed by atoms with Crippen molar-refractivity contribution < 1.29 is 8.42 Å². The predicted molar refractivity (Wildman–Crippen MR) is 94.9 cm³/mol. The molecule has 1 aliphatic rings. The molecule has 1 aliphatic heterocycles. The summed E-state index contributed by atoms with van der Waals surface area (Å²) in [5.74, 6) is 0.891. The van der Waals surface area contributed by atoms with Crippen molar-refractivity contribution >= 4 is 21.5 Å². The molecule has 132 valence electrons. The summed E-state index contributed by atoms with van der Waals surface area (Å²) in [5.41, 5.74) is 3.79. The molecular weight excluding hydrogens is 326 g/mol. The van der Waals surface area contributed by atoms with Gasteiger partial charge in [-0.15, -0.1) is 0 Å². The summed E-state index contributed by atoms with van der Waals surface area (Å²) in [6, 6.07) is 1.95. The fourth-order valence-electron chi connectivity index (χ4n) is 2.99. The minimum absolute atomic E-state index is 0.0947. The largest absolute Gasteiger partial charge is 0.369 e. The molecule has 3 heterocycles. The van der Waals surface area contributed by atoms with Gasteiger partial charge in [0.05, 0.1) is 11.4 Å². The molecule has 8 heteroatoms. The molecule has 0 radical (unpaired) electrons. The topological polar surface area (TPSA) is 79.6 Å². The molecule has 0 spiro atoms. The fraction of sp³-hybridized carbons (Fsp3) is 0.625. The lowest BCUT2D eigenvalue weighted by Gasteiger charge is -2.16. The Hall–Kier alpha value is -1.67. The first-order chi connectivity index (χ1) is 11.4. The average Bonchev–Trinajstić information content (AvgIpc) is 3.18. The van der Waals surface area contributed by atoms with Crippen LogP contribution in [0, 0.1) is 13.8 Å². The first-order valence-electron chi connectivity index (χ1n) is 8.50. The molecule has 0 amide bonds. The number of sulfonamides is 1. The highest BCUT2D eigenvalue weighted by Crippen LogP contribution is 2.19. The van der Waals surface area contributed by atoms with E-state index in [1.165, 1.54) is 0 Å². The van der Waals surface area contributed by atoms with Crippen molar-refractivity contribution in [2.75, 3.05) is 30.7 Å². The standard InChI is InChI=1S/C16H25N5O2S/c1-4-14-11-15(21-16(18-14)12(2)13(3)19-21)17-7-10-24(22,23)20-8-5-6-9-20/h11,17H,4-10H2,1-3H3. The van der Waals surface area contributed by atoms with Gasteiger partial charge in [0.1, 0.15) is 5.82 Å². The van der Waals surface area contributed by atoms with Gasteiger partial charge in [0.15, 0.2) is 5.65 Å². The average molecular weight is 351 g/mol. The summed E-state index contributed by atoms with van der Waals surface area (Å²) in [7, 11) is -3.18. The number of rotatable bonds is 6. The lowest BCUT2D eigenvalue weighted by atomic mass is 10.2. The first-order valence-corrected chi connectivity index (χ1v) is 10.1. The van der Waals surface area contributed by atoms with Crippen LogP contribution < -0.4 is 5.32 Å². The zero-order chi connectivity index (χ0) is 17.3. The lowest BCUT2D eigenvalue weighted by Crippen LogP contribution is -2.32. The number of anilines is 1. The second-order valence-corrected chi connectivity index (χ2v) is 8.37. The number of aryl methyl sites for hydroxylation is 3. The number of nitrogens with one attached hydrogen (secondary N) is 1. The molecule has 0 atom stereocenters. The molecule has 24 heavy (non-hydrogen) atoms. The second kappa shape index (κ2) is 6.68. The van der Waals surface area contributed by atoms with Gasteiger partial charge in [-0.25, -0.2) is 17.7 Å². The Bertz CT molecular complexity index is 838. The highest BCUT2D eigenvalue weighted by molar-refractivity contribution is 7.89. The summed E-state index contributed by atoms with van der Waals surface area (Å²) in [4.78, 5) is 4.63. The van der Waals surface area contributed by atoms with Gasteiger partial charge in [0.25, 0.3) is 0 Å². The Morgan fingerprint density at radius 2 is 1.96 bits per heavy atom. The summed E-state index contributed by atoms with van der Waals surface area (Å²) in [5, 5.41) is 7.75. The van der Waals surface area contributed by atoms with Gasteiger partial charge < -0.3 is 5.32 Å². The molecule has 2 aromatic heterocycles. The molecule has 0 aromatic carbocycles. The minimum Gasteiger partial charge on any atom is -0.369 e. The van der Waals surface area contributed by atoms with Gasteiger partial charge in [0.2, 0.25) is 10.0 Å². The normalized spacial score (nSPS) is 16.1. The third-order valence-electron chi connectivity index (χ3n) is 4.60. The molecule has 0 bridgehead atoms. The Balaban J connectivity index is 1.78. The SMILES string of the molecule is CCc1cc(NCCS(=O)(=O)N2CCCC2)n2nc(C)c(C)c2n1. The van der Waals surface area contributed by atoms with Crippen molar-refractivity contribution in [1.82, 2.24) is 18.9 Å². The van der Waals surface area contributed by atoms with E-state index in [0.29, 0.717) is 19.6 Å². The van der Waals surface area contributed by atoms with Crippen molar-refractivity contribution in [3.05, 3.63) is 23.0 Å². The van der Waals surface area contributed by atoms with Gasteiger partial charge in [-0.3, -0.25) is 0 Å². The zero-order valence-electron chi connectivity index (χ0n) is 14.5. The lowest BCUT2D eigenvalue weighted by molar-refractivity contribution is 0.478. The van der Waals surface area contributed by atoms with Gasteiger partial charge in [0, 0.05) is 37.0 Å². The molecule has 0 unspecified atom stereocenters. The molecule has 2 aromatic rings. The van der Waals surface area contributed by atoms with E-state index < -0.39 is 10.0 Å². The maximum absolute atomic E-state index is 12.3. The molecule has 3 rings (SSSR count). The Morgan fingerprint density at radius 1 is 1.25 bits per heavy atom. The minimum atomic E-state index is -3.18. The molecule has 1 fully saturated rings. The third kappa shape index (κ3) is 3.25. The predicted octanol–water partition coefficient (Wildman–Crippen LogP) is 1.75. The summed E-state index contributed by atoms with van der Waals surface area (Å²) >= 11 is 0. The number of hydrogen-bond acceptors (Lipinski definition) is 5. The van der Waals surface area contributed by atoms with Crippen molar-refractivity contribution in [3.63, 3.8) is 0 Å². The van der Waals surface area contributed by atoms with E-state index in [9.17, 15) is 8.42 Å². The van der Waals surface area contributed by atoms with Crippen molar-refractivity contribution in [2.24, 2.45) is 0 Å². The van der Waals surface area contributed by atoms with Crippen LogP contribution in [0.15, 0.2) is 6.07 Å². The van der Waals surface area contributed by atoms with Crippen LogP contribution in [0.4, 0.5) is 5.82 Å². The third-order valence-corrected chi connectivity index (χ3v) is 6.47. The highest BCUT2D eigenvalue weighted by Gasteiger charge is 2.24. The van der Waals surface area contributed by atoms with Crippen LogP contribution in [0.5, 0.6) is 0 Å². The van der Waals surface area contributed by atoms with Crippen LogP contribution >= 0.6 is 0 Å². The summed E-state index contributed by atoms with van der Waals surface area (Å²) in [6.07, 6.45) is 2.74. The van der Waals surface area contributed by atoms with Crippen molar-refractivity contribution in [3.8, 4) is 0 Å². The Labute approximate surface area is 143 Å². The quantitative estimate of drug-likeness (QED) is 0.858. The van der Waals surface area contributed by atoms with Crippen LogP contribution in [-0.4, -0.2) is 52.7 Å². The number of fused-ring (bicyclic) bond motifs is 1. The molecule has 1 N–H and O–H groups in total. The van der Waals surface area contributed by atoms with E-state index in [4.69, 9.17) is 0 Å². The summed E-state index contributed by atoms with van der Waals surface area (Å²) in [6.45, 7) is 7.68. The van der Waals surface area contributed by atoms with Crippen LogP contribution in [0.2, 0.25) is 0 Å². The van der Waals surface area contributed by atoms with E-state index in [1.54, 1.807) is 8.82 Å². The monoisotopic (exact) mass is 351 g/mol. The fourth-order valence-corrected chi connectivity index (χ4v) is 4.42. The summed E-state index contributed by atoms with van der Waals surface area (Å²) < 4.78 is 28.0. The van der Waals surface area contributed by atoms with E-state index in [2.05, 4.69) is 22.3 Å². The second-order valence-electron chi connectivity index (χ2n) is 6.28.